The first kappa shape index (κ1) is 6.91. The summed E-state index contributed by atoms with van der Waals surface area (Å²) in [6.45, 7) is 4.51. The highest BCUT2D eigenvalue weighted by molar-refractivity contribution is 5.70. The van der Waals surface area contributed by atoms with E-state index in [1.165, 1.54) is 0 Å². The van der Waals surface area contributed by atoms with Gasteiger partial charge in [-0.15, -0.1) is 0 Å². The van der Waals surface area contributed by atoms with E-state index in [9.17, 15) is 4.79 Å². The Morgan fingerprint density at radius 3 is 2.73 bits per heavy atom. The number of nitrogens with zero attached hydrogens (tertiary/aromatic N) is 1. The molecule has 0 radical (unpaired) electrons. The lowest BCUT2D eigenvalue weighted by Gasteiger charge is -2.33. The molecule has 0 aromatic heterocycles. The van der Waals surface area contributed by atoms with Crippen LogP contribution in [0.4, 0.5) is 4.79 Å². The van der Waals surface area contributed by atoms with E-state index in [1.54, 1.807) is 4.90 Å². The molecule has 0 bridgehead atoms. The fourth-order valence-corrected chi connectivity index (χ4v) is 1.42. The summed E-state index contributed by atoms with van der Waals surface area (Å²) < 4.78 is 4.99. The number of cyclic esters (lactones) is 1. The second kappa shape index (κ2) is 2.37. The summed E-state index contributed by atoms with van der Waals surface area (Å²) in [4.78, 5) is 12.9. The second-order valence-corrected chi connectivity index (χ2v) is 3.16. The molecular formula is C7H12N2O2. The molecule has 2 heterocycles. The van der Waals surface area contributed by atoms with Crippen molar-refractivity contribution in [3.63, 3.8) is 0 Å². The predicted molar refractivity (Wildman–Crippen MR) is 39.3 cm³/mol. The highest BCUT2D eigenvalue weighted by Crippen LogP contribution is 2.15. The van der Waals surface area contributed by atoms with Gasteiger partial charge in [0.15, 0.2) is 0 Å². The van der Waals surface area contributed by atoms with Crippen molar-refractivity contribution in [2.75, 3.05) is 19.6 Å². The summed E-state index contributed by atoms with van der Waals surface area (Å²) in [6, 6.07) is 0.382. The van der Waals surface area contributed by atoms with Gasteiger partial charge in [0, 0.05) is 13.1 Å². The average molecular weight is 156 g/mol. The van der Waals surface area contributed by atoms with Crippen molar-refractivity contribution in [1.29, 1.82) is 0 Å². The Morgan fingerprint density at radius 1 is 1.64 bits per heavy atom. The minimum Gasteiger partial charge on any atom is -0.444 e. The minimum absolute atomic E-state index is 0.0723. The molecule has 11 heavy (non-hydrogen) atoms. The Hall–Kier alpha value is -0.770. The first-order chi connectivity index (χ1) is 5.27. The Morgan fingerprint density at radius 2 is 2.36 bits per heavy atom. The van der Waals surface area contributed by atoms with E-state index in [0.717, 1.165) is 19.6 Å². The van der Waals surface area contributed by atoms with E-state index in [4.69, 9.17) is 4.74 Å². The third kappa shape index (κ3) is 1.07. The maximum absolute atomic E-state index is 11.1. The number of amides is 1. The van der Waals surface area contributed by atoms with Crippen molar-refractivity contribution in [1.82, 2.24) is 10.2 Å². The van der Waals surface area contributed by atoms with Crippen LogP contribution in [0.15, 0.2) is 0 Å². The summed E-state index contributed by atoms with van der Waals surface area (Å²) in [7, 11) is 0. The number of hydrogen-bond acceptors (Lipinski definition) is 3. The summed E-state index contributed by atoms with van der Waals surface area (Å²) in [6.07, 6.45) is -0.0768. The van der Waals surface area contributed by atoms with Crippen LogP contribution in [-0.2, 0) is 4.74 Å². The van der Waals surface area contributed by atoms with E-state index in [1.807, 2.05) is 6.92 Å². The lowest BCUT2D eigenvalue weighted by molar-refractivity contribution is 0.125. The zero-order valence-electron chi connectivity index (χ0n) is 6.54. The van der Waals surface area contributed by atoms with Crippen molar-refractivity contribution >= 4 is 6.09 Å². The zero-order chi connectivity index (χ0) is 7.84. The van der Waals surface area contributed by atoms with Gasteiger partial charge in [-0.25, -0.2) is 4.79 Å². The van der Waals surface area contributed by atoms with Crippen LogP contribution in [-0.4, -0.2) is 42.8 Å². The van der Waals surface area contributed by atoms with Gasteiger partial charge in [0.05, 0.1) is 12.6 Å². The van der Waals surface area contributed by atoms with Crippen molar-refractivity contribution in [2.24, 2.45) is 0 Å². The topological polar surface area (TPSA) is 41.6 Å². The van der Waals surface area contributed by atoms with Crippen LogP contribution in [0.2, 0.25) is 0 Å². The van der Waals surface area contributed by atoms with Gasteiger partial charge in [-0.1, -0.05) is 0 Å². The number of rotatable bonds is 1. The van der Waals surface area contributed by atoms with E-state index < -0.39 is 0 Å². The van der Waals surface area contributed by atoms with Gasteiger partial charge in [0.25, 0.3) is 0 Å². The molecule has 1 amide bonds. The molecule has 0 aromatic carbocycles. The lowest BCUT2D eigenvalue weighted by Crippen LogP contribution is -2.57. The van der Waals surface area contributed by atoms with Crippen LogP contribution in [0.1, 0.15) is 6.92 Å². The highest BCUT2D eigenvalue weighted by atomic mass is 16.6. The van der Waals surface area contributed by atoms with Crippen molar-refractivity contribution < 1.29 is 9.53 Å². The molecule has 2 fully saturated rings. The van der Waals surface area contributed by atoms with Crippen LogP contribution < -0.4 is 5.32 Å². The molecule has 2 saturated heterocycles. The number of nitrogens with one attached hydrogen (secondary N) is 1. The van der Waals surface area contributed by atoms with Crippen molar-refractivity contribution in [3.05, 3.63) is 0 Å². The van der Waals surface area contributed by atoms with Gasteiger partial charge in [0.2, 0.25) is 0 Å². The fraction of sp³-hybridized carbons (Fsp3) is 0.857. The van der Waals surface area contributed by atoms with Gasteiger partial charge in [0.1, 0.15) is 6.10 Å². The molecule has 2 rings (SSSR count). The molecule has 4 nitrogen and oxygen atoms in total. The molecule has 0 unspecified atom stereocenters. The molecule has 62 valence electrons. The lowest BCUT2D eigenvalue weighted by atomic mass is 10.1. The van der Waals surface area contributed by atoms with Crippen molar-refractivity contribution in [3.8, 4) is 0 Å². The molecule has 1 N–H and O–H groups in total. The SMILES string of the molecule is C[C@H]1CN(C2CNC2)C(=O)O1. The molecule has 2 aliphatic rings. The van der Waals surface area contributed by atoms with E-state index in [-0.39, 0.29) is 12.2 Å². The molecular weight excluding hydrogens is 144 g/mol. The number of carbonyl (C=O) groups is 1. The highest BCUT2D eigenvalue weighted by Gasteiger charge is 2.36. The van der Waals surface area contributed by atoms with Crippen LogP contribution in [0.5, 0.6) is 0 Å². The average Bonchev–Trinajstić information content (AvgIpc) is 2.07. The Labute approximate surface area is 65.5 Å². The molecule has 2 aliphatic heterocycles. The monoisotopic (exact) mass is 156 g/mol. The third-order valence-electron chi connectivity index (χ3n) is 2.19. The molecule has 0 aromatic rings. The van der Waals surface area contributed by atoms with Gasteiger partial charge >= 0.3 is 6.09 Å². The van der Waals surface area contributed by atoms with Gasteiger partial charge in [-0.05, 0) is 6.92 Å². The number of hydrogen-bond donors (Lipinski definition) is 1. The molecule has 0 spiro atoms. The van der Waals surface area contributed by atoms with Gasteiger partial charge < -0.3 is 10.1 Å². The Kier molecular flexibility index (Phi) is 1.49. The summed E-state index contributed by atoms with van der Waals surface area (Å²) in [5.74, 6) is 0. The van der Waals surface area contributed by atoms with Gasteiger partial charge in [-0.3, -0.25) is 4.90 Å². The number of carbonyl (C=O) groups excluding carboxylic acids is 1. The first-order valence-corrected chi connectivity index (χ1v) is 3.95. The molecule has 1 atom stereocenters. The minimum atomic E-state index is -0.149. The van der Waals surface area contributed by atoms with E-state index >= 15 is 0 Å². The van der Waals surface area contributed by atoms with Crippen LogP contribution >= 0.6 is 0 Å². The smallest absolute Gasteiger partial charge is 0.410 e. The van der Waals surface area contributed by atoms with Crippen LogP contribution in [0.25, 0.3) is 0 Å². The summed E-state index contributed by atoms with van der Waals surface area (Å²) in [5, 5.41) is 3.12. The first-order valence-electron chi connectivity index (χ1n) is 3.95. The number of ether oxygens (including phenoxy) is 1. The quantitative estimate of drug-likeness (QED) is 0.571. The van der Waals surface area contributed by atoms with E-state index in [0.29, 0.717) is 6.04 Å². The Bertz CT molecular complexity index is 179. The molecule has 0 saturated carbocycles. The van der Waals surface area contributed by atoms with E-state index in [2.05, 4.69) is 5.32 Å². The van der Waals surface area contributed by atoms with Crippen LogP contribution in [0.3, 0.4) is 0 Å². The second-order valence-electron chi connectivity index (χ2n) is 3.16. The summed E-state index contributed by atoms with van der Waals surface area (Å²) >= 11 is 0. The zero-order valence-corrected chi connectivity index (χ0v) is 6.54. The Balaban J connectivity index is 1.97. The molecule has 4 heteroatoms. The maximum Gasteiger partial charge on any atom is 0.410 e. The summed E-state index contributed by atoms with van der Waals surface area (Å²) in [5.41, 5.74) is 0. The third-order valence-corrected chi connectivity index (χ3v) is 2.19. The molecule has 0 aliphatic carbocycles. The van der Waals surface area contributed by atoms with Gasteiger partial charge in [-0.2, -0.15) is 0 Å². The van der Waals surface area contributed by atoms with Crippen molar-refractivity contribution in [2.45, 2.75) is 19.1 Å². The predicted octanol–water partition coefficient (Wildman–Crippen LogP) is -0.201. The fourth-order valence-electron chi connectivity index (χ4n) is 1.42. The van der Waals surface area contributed by atoms with Crippen LogP contribution in [0, 0.1) is 0 Å². The standard InChI is InChI=1S/C7H12N2O2/c1-5-4-9(7(10)11-5)6-2-8-3-6/h5-6,8H,2-4H2,1H3/t5-/m0/s1. The maximum atomic E-state index is 11.1. The normalized spacial score (nSPS) is 31.9. The largest absolute Gasteiger partial charge is 0.444 e.